The molecule has 1 aromatic heterocycles. The third kappa shape index (κ3) is 2.33. The molecule has 1 aliphatic heterocycles. The zero-order valence-corrected chi connectivity index (χ0v) is 12.9. The topological polar surface area (TPSA) is 51.0 Å². The van der Waals surface area contributed by atoms with E-state index in [1.165, 1.54) is 16.6 Å². The summed E-state index contributed by atoms with van der Waals surface area (Å²) in [5.74, 6) is 0.247. The fourth-order valence-corrected chi connectivity index (χ4v) is 2.92. The molecule has 5 nitrogen and oxygen atoms in total. The molecule has 0 saturated heterocycles. The van der Waals surface area contributed by atoms with E-state index in [-0.39, 0.29) is 11.3 Å². The van der Waals surface area contributed by atoms with Crippen LogP contribution in [0.1, 0.15) is 42.7 Å². The second-order valence-corrected chi connectivity index (χ2v) is 6.61. The molecule has 0 bridgehead atoms. The van der Waals surface area contributed by atoms with Gasteiger partial charge in [0.05, 0.1) is 6.20 Å². The summed E-state index contributed by atoms with van der Waals surface area (Å²) >= 11 is 0. The number of amides is 1. The lowest BCUT2D eigenvalue weighted by atomic mass is 9.78. The maximum atomic E-state index is 12.7. The summed E-state index contributed by atoms with van der Waals surface area (Å²) in [5.41, 5.74) is 2.73. The van der Waals surface area contributed by atoms with Gasteiger partial charge in [-0.15, -0.1) is 5.10 Å². The Morgan fingerprint density at radius 2 is 2.00 bits per heavy atom. The first-order chi connectivity index (χ1) is 9.88. The van der Waals surface area contributed by atoms with Crippen LogP contribution in [0.2, 0.25) is 0 Å². The van der Waals surface area contributed by atoms with Crippen LogP contribution < -0.4 is 4.90 Å². The van der Waals surface area contributed by atoms with Crippen LogP contribution in [-0.4, -0.2) is 27.4 Å². The van der Waals surface area contributed by atoms with Crippen molar-refractivity contribution in [3.63, 3.8) is 0 Å². The van der Waals surface area contributed by atoms with E-state index in [0.717, 1.165) is 5.69 Å². The fraction of sp³-hybridized carbons (Fsp3) is 0.438. The molecule has 5 heteroatoms. The minimum Gasteiger partial charge on any atom is -0.306 e. The fourth-order valence-electron chi connectivity index (χ4n) is 2.92. The smallest absolute Gasteiger partial charge is 0.280 e. The number of para-hydroxylation sites is 1. The molecule has 110 valence electrons. The zero-order chi connectivity index (χ0) is 15.2. The molecule has 1 amide bonds. The van der Waals surface area contributed by atoms with Crippen molar-refractivity contribution < 1.29 is 4.79 Å². The molecule has 0 fully saturated rings. The van der Waals surface area contributed by atoms with E-state index in [1.54, 1.807) is 7.05 Å². The molecule has 0 radical (unpaired) electrons. The molecule has 0 spiro atoms. The van der Waals surface area contributed by atoms with Crippen molar-refractivity contribution in [3.8, 4) is 0 Å². The van der Waals surface area contributed by atoms with Gasteiger partial charge in [0.15, 0.2) is 5.69 Å². The van der Waals surface area contributed by atoms with E-state index in [1.807, 2.05) is 23.1 Å². The summed E-state index contributed by atoms with van der Waals surface area (Å²) < 4.78 is 0. The van der Waals surface area contributed by atoms with Gasteiger partial charge < -0.3 is 4.90 Å². The predicted octanol–water partition coefficient (Wildman–Crippen LogP) is 2.61. The Hall–Kier alpha value is -2.17. The maximum Gasteiger partial charge on any atom is 0.280 e. The van der Waals surface area contributed by atoms with Crippen LogP contribution in [0.15, 0.2) is 30.5 Å². The van der Waals surface area contributed by atoms with Crippen molar-refractivity contribution >= 4 is 11.6 Å². The summed E-state index contributed by atoms with van der Waals surface area (Å²) in [6.07, 6.45) is 1.52. The highest BCUT2D eigenvalue weighted by molar-refractivity contribution is 6.06. The average Bonchev–Trinajstić information content (AvgIpc) is 3.01. The number of fused-ring (bicyclic) bond motifs is 1. The number of rotatable bonds is 1. The van der Waals surface area contributed by atoms with Crippen LogP contribution in [0.3, 0.4) is 0 Å². The van der Waals surface area contributed by atoms with Gasteiger partial charge in [0.2, 0.25) is 0 Å². The van der Waals surface area contributed by atoms with Gasteiger partial charge in [0.1, 0.15) is 0 Å². The Bertz CT molecular complexity index is 684. The van der Waals surface area contributed by atoms with Gasteiger partial charge in [-0.1, -0.05) is 39.0 Å². The lowest BCUT2D eigenvalue weighted by Gasteiger charge is -2.27. The normalized spacial score (nSPS) is 17.9. The standard InChI is InChI=1S/C16H20N4O/c1-16(2,3)12-10-20(14-8-6-5-7-11(12)14)15(21)13-9-17-19(4)18-13/h5-9,12H,10H2,1-4H3. The van der Waals surface area contributed by atoms with Gasteiger partial charge in [-0.2, -0.15) is 9.90 Å². The molecule has 0 saturated carbocycles. The molecule has 1 atom stereocenters. The minimum absolute atomic E-state index is 0.0812. The molecular formula is C16H20N4O. The minimum atomic E-state index is -0.0812. The van der Waals surface area contributed by atoms with E-state index < -0.39 is 0 Å². The van der Waals surface area contributed by atoms with Crippen molar-refractivity contribution in [1.29, 1.82) is 0 Å². The first kappa shape index (κ1) is 13.8. The summed E-state index contributed by atoms with van der Waals surface area (Å²) in [7, 11) is 1.71. The number of aryl methyl sites for hydroxylation is 1. The highest BCUT2D eigenvalue weighted by Crippen LogP contribution is 2.45. The second-order valence-electron chi connectivity index (χ2n) is 6.61. The van der Waals surface area contributed by atoms with Crippen molar-refractivity contribution in [2.75, 3.05) is 11.4 Å². The molecule has 0 N–H and O–H groups in total. The Balaban J connectivity index is 2.00. The van der Waals surface area contributed by atoms with Crippen molar-refractivity contribution in [3.05, 3.63) is 41.7 Å². The lowest BCUT2D eigenvalue weighted by Crippen LogP contribution is -2.32. The number of carbonyl (C=O) groups excluding carboxylic acids is 1. The van der Waals surface area contributed by atoms with E-state index in [9.17, 15) is 4.79 Å². The van der Waals surface area contributed by atoms with Crippen LogP contribution >= 0.6 is 0 Å². The van der Waals surface area contributed by atoms with Crippen LogP contribution in [0.4, 0.5) is 5.69 Å². The lowest BCUT2D eigenvalue weighted by molar-refractivity contribution is 0.0980. The molecule has 1 aromatic carbocycles. The van der Waals surface area contributed by atoms with Crippen LogP contribution in [0.5, 0.6) is 0 Å². The van der Waals surface area contributed by atoms with Crippen LogP contribution in [0, 0.1) is 5.41 Å². The maximum absolute atomic E-state index is 12.7. The molecule has 3 rings (SSSR count). The molecule has 2 aromatic rings. The molecule has 2 heterocycles. The number of hydrogen-bond donors (Lipinski definition) is 0. The van der Waals surface area contributed by atoms with Crippen LogP contribution in [0.25, 0.3) is 0 Å². The van der Waals surface area contributed by atoms with Gasteiger partial charge in [-0.05, 0) is 17.0 Å². The Morgan fingerprint density at radius 1 is 1.29 bits per heavy atom. The van der Waals surface area contributed by atoms with Crippen LogP contribution in [-0.2, 0) is 7.05 Å². The first-order valence-electron chi connectivity index (χ1n) is 7.15. The van der Waals surface area contributed by atoms with E-state index >= 15 is 0 Å². The van der Waals surface area contributed by atoms with Crippen molar-refractivity contribution in [1.82, 2.24) is 15.0 Å². The highest BCUT2D eigenvalue weighted by Gasteiger charge is 2.39. The largest absolute Gasteiger partial charge is 0.306 e. The van der Waals surface area contributed by atoms with E-state index in [0.29, 0.717) is 18.2 Å². The quantitative estimate of drug-likeness (QED) is 0.809. The molecule has 0 aliphatic carbocycles. The van der Waals surface area contributed by atoms with E-state index in [2.05, 4.69) is 37.0 Å². The summed E-state index contributed by atoms with van der Waals surface area (Å²) in [6.45, 7) is 7.33. The Labute approximate surface area is 124 Å². The number of anilines is 1. The second kappa shape index (κ2) is 4.69. The highest BCUT2D eigenvalue weighted by atomic mass is 16.2. The van der Waals surface area contributed by atoms with Crippen molar-refractivity contribution in [2.45, 2.75) is 26.7 Å². The van der Waals surface area contributed by atoms with Gasteiger partial charge in [0.25, 0.3) is 5.91 Å². The SMILES string of the molecule is Cn1ncc(C(=O)N2CC(C(C)(C)C)c3ccccc32)n1. The molecule has 21 heavy (non-hydrogen) atoms. The molecule has 1 aliphatic rings. The third-order valence-corrected chi connectivity index (χ3v) is 4.08. The van der Waals surface area contributed by atoms with E-state index in [4.69, 9.17) is 0 Å². The first-order valence-corrected chi connectivity index (χ1v) is 7.15. The number of hydrogen-bond acceptors (Lipinski definition) is 3. The summed E-state index contributed by atoms with van der Waals surface area (Å²) in [4.78, 5) is 15.9. The monoisotopic (exact) mass is 284 g/mol. The number of carbonyl (C=O) groups is 1. The predicted molar refractivity (Wildman–Crippen MR) is 81.3 cm³/mol. The average molecular weight is 284 g/mol. The van der Waals surface area contributed by atoms with Gasteiger partial charge in [0, 0.05) is 25.2 Å². The summed E-state index contributed by atoms with van der Waals surface area (Å²) in [5, 5.41) is 8.12. The molecular weight excluding hydrogens is 264 g/mol. The third-order valence-electron chi connectivity index (χ3n) is 4.08. The zero-order valence-electron chi connectivity index (χ0n) is 12.9. The Morgan fingerprint density at radius 3 is 2.62 bits per heavy atom. The van der Waals surface area contributed by atoms with Crippen molar-refractivity contribution in [2.24, 2.45) is 12.5 Å². The van der Waals surface area contributed by atoms with Gasteiger partial charge in [-0.3, -0.25) is 4.79 Å². The molecule has 1 unspecified atom stereocenters. The number of aromatic nitrogens is 3. The van der Waals surface area contributed by atoms with Gasteiger partial charge in [-0.25, -0.2) is 0 Å². The van der Waals surface area contributed by atoms with Gasteiger partial charge >= 0.3 is 0 Å². The Kier molecular flexibility index (Phi) is 3.08. The number of nitrogens with zero attached hydrogens (tertiary/aromatic N) is 4. The number of benzene rings is 1. The summed E-state index contributed by atoms with van der Waals surface area (Å²) in [6, 6.07) is 8.14.